The summed E-state index contributed by atoms with van der Waals surface area (Å²) in [6.07, 6.45) is 5.58. The van der Waals surface area contributed by atoms with Crippen LogP contribution < -0.4 is 10.4 Å². The van der Waals surface area contributed by atoms with Gasteiger partial charge in [-0.2, -0.15) is 0 Å². The minimum Gasteiger partial charge on any atom is -0.404 e. The van der Waals surface area contributed by atoms with Gasteiger partial charge in [-0.1, -0.05) is 93.9 Å². The van der Waals surface area contributed by atoms with Gasteiger partial charge in [-0.25, -0.2) is 0 Å². The van der Waals surface area contributed by atoms with Crippen molar-refractivity contribution in [3.8, 4) is 0 Å². The first kappa shape index (κ1) is 20.3. The monoisotopic (exact) mass is 404 g/mol. The maximum atomic E-state index is 12.0. The molecule has 2 aromatic rings. The third-order valence-electron chi connectivity index (χ3n) is 7.08. The highest BCUT2D eigenvalue weighted by Gasteiger charge is 2.55. The molecule has 4 rings (SSSR count). The Morgan fingerprint density at radius 1 is 0.931 bits per heavy atom. The number of carbonyl (C=O) groups is 1. The van der Waals surface area contributed by atoms with Crippen LogP contribution in [0.25, 0.3) is 0 Å². The van der Waals surface area contributed by atoms with Crippen molar-refractivity contribution in [1.82, 2.24) is 0 Å². The summed E-state index contributed by atoms with van der Waals surface area (Å²) in [4.78, 5) is 12.0. The zero-order chi connectivity index (χ0) is 20.7. The molecule has 2 aliphatic rings. The molecular formula is C26H32O2Si. The highest BCUT2D eigenvalue weighted by Crippen LogP contribution is 2.52. The van der Waals surface area contributed by atoms with Gasteiger partial charge in [0.15, 0.2) is 5.78 Å². The topological polar surface area (TPSA) is 26.3 Å². The van der Waals surface area contributed by atoms with Gasteiger partial charge in [-0.05, 0) is 40.8 Å². The number of allylic oxidation sites excluding steroid dienone is 1. The van der Waals surface area contributed by atoms with E-state index >= 15 is 0 Å². The summed E-state index contributed by atoms with van der Waals surface area (Å²) in [6, 6.07) is 21.7. The summed E-state index contributed by atoms with van der Waals surface area (Å²) in [7, 11) is -2.57. The van der Waals surface area contributed by atoms with Crippen LogP contribution in [-0.4, -0.2) is 20.2 Å². The zero-order valence-corrected chi connectivity index (χ0v) is 19.1. The van der Waals surface area contributed by atoms with Crippen molar-refractivity contribution in [3.05, 3.63) is 72.3 Å². The van der Waals surface area contributed by atoms with E-state index < -0.39 is 8.32 Å². The van der Waals surface area contributed by atoms with E-state index in [1.165, 1.54) is 15.9 Å². The van der Waals surface area contributed by atoms with Gasteiger partial charge in [0.2, 0.25) is 0 Å². The van der Waals surface area contributed by atoms with Crippen LogP contribution in [0.2, 0.25) is 5.04 Å². The molecule has 0 saturated heterocycles. The average molecular weight is 405 g/mol. The summed E-state index contributed by atoms with van der Waals surface area (Å²) < 4.78 is 7.43. The quantitative estimate of drug-likeness (QED) is 0.669. The van der Waals surface area contributed by atoms with E-state index in [-0.39, 0.29) is 22.3 Å². The Morgan fingerprint density at radius 2 is 1.48 bits per heavy atom. The second kappa shape index (κ2) is 7.37. The number of rotatable bonds is 4. The van der Waals surface area contributed by atoms with Crippen molar-refractivity contribution in [2.75, 3.05) is 0 Å². The summed E-state index contributed by atoms with van der Waals surface area (Å²) in [5.41, 5.74) is 1.28. The number of hydrogen-bond donors (Lipinski definition) is 0. The fraction of sp³-hybridized carbons (Fsp3) is 0.423. The molecule has 0 unspecified atom stereocenters. The molecule has 1 fully saturated rings. The molecule has 2 nitrogen and oxygen atoms in total. The Balaban J connectivity index is 1.86. The fourth-order valence-electron chi connectivity index (χ4n) is 5.40. The number of fused-ring (bicyclic) bond motifs is 1. The van der Waals surface area contributed by atoms with Gasteiger partial charge < -0.3 is 4.43 Å². The van der Waals surface area contributed by atoms with E-state index in [9.17, 15) is 4.79 Å². The van der Waals surface area contributed by atoms with Crippen molar-refractivity contribution in [2.24, 2.45) is 5.41 Å². The molecule has 0 heterocycles. The Morgan fingerprint density at radius 3 is 2.00 bits per heavy atom. The van der Waals surface area contributed by atoms with Crippen LogP contribution in [0.1, 0.15) is 53.4 Å². The van der Waals surface area contributed by atoms with E-state index in [4.69, 9.17) is 4.43 Å². The van der Waals surface area contributed by atoms with Crippen LogP contribution in [0, 0.1) is 5.41 Å². The SMILES string of the molecule is CC(C)(C)[Si](O[C@H]1CCC2=CC(=O)CC[C@@]21C)(c1ccccc1)c1ccccc1. The molecule has 0 aliphatic heterocycles. The van der Waals surface area contributed by atoms with E-state index in [1.807, 2.05) is 6.08 Å². The molecule has 0 N–H and O–H groups in total. The minimum atomic E-state index is -2.57. The number of benzene rings is 2. The van der Waals surface area contributed by atoms with E-state index in [0.29, 0.717) is 6.42 Å². The summed E-state index contributed by atoms with van der Waals surface area (Å²) in [5, 5.41) is 2.63. The molecule has 0 bridgehead atoms. The third-order valence-corrected chi connectivity index (χ3v) is 12.1. The summed E-state index contributed by atoms with van der Waals surface area (Å²) >= 11 is 0. The van der Waals surface area contributed by atoms with Crippen molar-refractivity contribution in [3.63, 3.8) is 0 Å². The molecule has 3 heteroatoms. The normalized spacial score (nSPS) is 24.9. The van der Waals surface area contributed by atoms with E-state index in [1.54, 1.807) is 0 Å². The van der Waals surface area contributed by atoms with Gasteiger partial charge in [0.05, 0.1) is 6.10 Å². The number of carbonyl (C=O) groups excluding carboxylic acids is 1. The van der Waals surface area contributed by atoms with E-state index in [2.05, 4.69) is 88.4 Å². The molecule has 0 spiro atoms. The maximum Gasteiger partial charge on any atom is 0.261 e. The molecule has 0 radical (unpaired) electrons. The van der Waals surface area contributed by atoms with Gasteiger partial charge in [0, 0.05) is 11.8 Å². The smallest absolute Gasteiger partial charge is 0.261 e. The van der Waals surface area contributed by atoms with Gasteiger partial charge in [0.1, 0.15) is 0 Å². The van der Waals surface area contributed by atoms with Crippen LogP contribution in [0.15, 0.2) is 72.3 Å². The molecule has 0 aromatic heterocycles. The number of hydrogen-bond acceptors (Lipinski definition) is 2. The number of ketones is 1. The Kier molecular flexibility index (Phi) is 5.16. The second-order valence-corrected chi connectivity index (χ2v) is 14.1. The molecule has 0 amide bonds. The maximum absolute atomic E-state index is 12.0. The first-order valence-corrected chi connectivity index (χ1v) is 12.7. The largest absolute Gasteiger partial charge is 0.404 e. The molecule has 2 atom stereocenters. The highest BCUT2D eigenvalue weighted by molar-refractivity contribution is 6.99. The predicted molar refractivity (Wildman–Crippen MR) is 122 cm³/mol. The predicted octanol–water partition coefficient (Wildman–Crippen LogP) is 5.02. The average Bonchev–Trinajstić information content (AvgIpc) is 3.02. The molecule has 152 valence electrons. The van der Waals surface area contributed by atoms with Crippen LogP contribution in [0.4, 0.5) is 0 Å². The fourth-order valence-corrected chi connectivity index (χ4v) is 10.2. The summed E-state index contributed by atoms with van der Waals surface area (Å²) in [6.45, 7) is 9.31. The van der Waals surface area contributed by atoms with Gasteiger partial charge in [-0.3, -0.25) is 4.79 Å². The van der Waals surface area contributed by atoms with Crippen molar-refractivity contribution >= 4 is 24.5 Å². The van der Waals surface area contributed by atoms with Gasteiger partial charge in [-0.15, -0.1) is 0 Å². The lowest BCUT2D eigenvalue weighted by atomic mass is 9.74. The molecule has 29 heavy (non-hydrogen) atoms. The Labute approximate surface area is 176 Å². The van der Waals surface area contributed by atoms with Crippen LogP contribution in [-0.2, 0) is 9.22 Å². The second-order valence-electron chi connectivity index (χ2n) is 9.86. The zero-order valence-electron chi connectivity index (χ0n) is 18.1. The lowest BCUT2D eigenvalue weighted by molar-refractivity contribution is -0.116. The first-order valence-electron chi connectivity index (χ1n) is 10.8. The van der Waals surface area contributed by atoms with Crippen LogP contribution in [0.3, 0.4) is 0 Å². The lowest BCUT2D eigenvalue weighted by Crippen LogP contribution is -2.68. The van der Waals surface area contributed by atoms with E-state index in [0.717, 1.165) is 19.3 Å². The molecule has 2 aliphatic carbocycles. The van der Waals surface area contributed by atoms with Gasteiger partial charge >= 0.3 is 0 Å². The van der Waals surface area contributed by atoms with Gasteiger partial charge in [0.25, 0.3) is 8.32 Å². The van der Waals surface area contributed by atoms with Crippen molar-refractivity contribution in [1.29, 1.82) is 0 Å². The highest BCUT2D eigenvalue weighted by atomic mass is 28.4. The molecular weight excluding hydrogens is 372 g/mol. The Bertz CT molecular complexity index is 871. The standard InChI is InChI=1S/C26H32O2Si/c1-25(2,3)29(22-11-7-5-8-12-22,23-13-9-6-10-14-23)28-24-16-15-20-19-21(27)17-18-26(20,24)4/h5-14,19,24H,15-18H2,1-4H3/t24-,26-/m0/s1. The summed E-state index contributed by atoms with van der Waals surface area (Å²) in [5.74, 6) is 0.281. The van der Waals surface area contributed by atoms with Crippen LogP contribution in [0.5, 0.6) is 0 Å². The van der Waals surface area contributed by atoms with Crippen LogP contribution >= 0.6 is 0 Å². The first-order chi connectivity index (χ1) is 13.8. The lowest BCUT2D eigenvalue weighted by Gasteiger charge is -2.48. The molecule has 2 aromatic carbocycles. The third kappa shape index (κ3) is 3.34. The Hall–Kier alpha value is -1.97. The van der Waals surface area contributed by atoms with Crippen molar-refractivity contribution in [2.45, 2.75) is 64.5 Å². The minimum absolute atomic E-state index is 0.0248. The van der Waals surface area contributed by atoms with Crippen molar-refractivity contribution < 1.29 is 9.22 Å². The molecule has 1 saturated carbocycles.